The van der Waals surface area contributed by atoms with Crippen LogP contribution in [0, 0.1) is 0 Å². The monoisotopic (exact) mass is 418 g/mol. The summed E-state index contributed by atoms with van der Waals surface area (Å²) in [5, 5.41) is 0. The SMILES string of the molecule is COC(=O)CN(CC(=O)OC)C(=O)Cc1ccc(S(=O)(=O)N2CCCC2)s1. The second-order valence-electron chi connectivity index (χ2n) is 5.91. The van der Waals surface area contributed by atoms with Crippen molar-refractivity contribution in [1.29, 1.82) is 0 Å². The van der Waals surface area contributed by atoms with Crippen LogP contribution in [0.4, 0.5) is 0 Å². The van der Waals surface area contributed by atoms with E-state index in [1.165, 1.54) is 24.6 Å². The average Bonchev–Trinajstić information content (AvgIpc) is 3.33. The third-order valence-corrected chi connectivity index (χ3v) is 7.52. The topological polar surface area (TPSA) is 110 Å². The fraction of sp³-hybridized carbons (Fsp3) is 0.562. The molecule has 1 saturated heterocycles. The lowest BCUT2D eigenvalue weighted by atomic mass is 10.3. The van der Waals surface area contributed by atoms with E-state index in [-0.39, 0.29) is 10.6 Å². The van der Waals surface area contributed by atoms with Gasteiger partial charge >= 0.3 is 11.9 Å². The number of sulfonamides is 1. The number of amides is 1. The maximum atomic E-state index is 12.6. The smallest absolute Gasteiger partial charge is 0.325 e. The minimum Gasteiger partial charge on any atom is -0.468 e. The maximum absolute atomic E-state index is 12.6. The van der Waals surface area contributed by atoms with Crippen LogP contribution in [0.25, 0.3) is 0 Å². The second-order valence-corrected chi connectivity index (χ2v) is 9.24. The molecular weight excluding hydrogens is 396 g/mol. The van der Waals surface area contributed by atoms with Crippen molar-refractivity contribution in [2.45, 2.75) is 23.5 Å². The molecule has 1 amide bonds. The Morgan fingerprint density at radius 1 is 1.07 bits per heavy atom. The van der Waals surface area contributed by atoms with Gasteiger partial charge in [0.2, 0.25) is 5.91 Å². The predicted molar refractivity (Wildman–Crippen MR) is 96.6 cm³/mol. The molecule has 0 atom stereocenters. The lowest BCUT2D eigenvalue weighted by molar-refractivity contribution is -0.151. The first-order chi connectivity index (χ1) is 12.8. The Bertz CT molecular complexity index is 779. The van der Waals surface area contributed by atoms with Crippen LogP contribution in [0.2, 0.25) is 0 Å². The van der Waals surface area contributed by atoms with E-state index >= 15 is 0 Å². The van der Waals surface area contributed by atoms with Gasteiger partial charge in [-0.3, -0.25) is 14.4 Å². The fourth-order valence-corrected chi connectivity index (χ4v) is 5.60. The van der Waals surface area contributed by atoms with Crippen LogP contribution >= 0.6 is 11.3 Å². The molecule has 1 aromatic heterocycles. The van der Waals surface area contributed by atoms with Crippen molar-refractivity contribution >= 4 is 39.2 Å². The lowest BCUT2D eigenvalue weighted by Gasteiger charge is -2.19. The first-order valence-corrected chi connectivity index (χ1v) is 10.5. The molecule has 0 aliphatic carbocycles. The molecule has 9 nitrogen and oxygen atoms in total. The number of carbonyl (C=O) groups excluding carboxylic acids is 3. The summed E-state index contributed by atoms with van der Waals surface area (Å²) in [7, 11) is -1.18. The van der Waals surface area contributed by atoms with Crippen molar-refractivity contribution in [3.8, 4) is 0 Å². The van der Waals surface area contributed by atoms with Crippen LogP contribution in [0.15, 0.2) is 16.3 Å². The summed E-state index contributed by atoms with van der Waals surface area (Å²) in [5.74, 6) is -1.84. The van der Waals surface area contributed by atoms with E-state index in [0.29, 0.717) is 18.0 Å². The van der Waals surface area contributed by atoms with Crippen molar-refractivity contribution < 1.29 is 32.3 Å². The molecule has 1 fully saturated rings. The Morgan fingerprint density at radius 3 is 2.15 bits per heavy atom. The Balaban J connectivity index is 2.09. The zero-order chi connectivity index (χ0) is 20.0. The Morgan fingerprint density at radius 2 is 1.63 bits per heavy atom. The third-order valence-electron chi connectivity index (χ3n) is 4.07. The minimum atomic E-state index is -3.54. The molecule has 0 unspecified atom stereocenters. The van der Waals surface area contributed by atoms with E-state index in [1.54, 1.807) is 6.07 Å². The second kappa shape index (κ2) is 9.29. The summed E-state index contributed by atoms with van der Waals surface area (Å²) in [4.78, 5) is 37.0. The zero-order valence-electron chi connectivity index (χ0n) is 15.2. The first-order valence-electron chi connectivity index (χ1n) is 8.28. The predicted octanol–water partition coefficient (Wildman–Crippen LogP) is 0.250. The van der Waals surface area contributed by atoms with Crippen LogP contribution in [0.3, 0.4) is 0 Å². The Hall–Kier alpha value is -1.98. The molecule has 2 heterocycles. The van der Waals surface area contributed by atoms with Crippen molar-refractivity contribution in [1.82, 2.24) is 9.21 Å². The van der Waals surface area contributed by atoms with Crippen LogP contribution in [-0.2, 0) is 40.3 Å². The normalized spacial score (nSPS) is 14.7. The highest BCUT2D eigenvalue weighted by molar-refractivity contribution is 7.91. The summed E-state index contributed by atoms with van der Waals surface area (Å²) in [6, 6.07) is 3.05. The molecule has 27 heavy (non-hydrogen) atoms. The molecule has 1 aliphatic rings. The van der Waals surface area contributed by atoms with Gasteiger partial charge < -0.3 is 14.4 Å². The van der Waals surface area contributed by atoms with E-state index < -0.39 is 41.0 Å². The Kier molecular flexibility index (Phi) is 7.33. The quantitative estimate of drug-likeness (QED) is 0.557. The molecule has 0 radical (unpaired) electrons. The number of methoxy groups -OCH3 is 2. The summed E-state index contributed by atoms with van der Waals surface area (Å²) in [6.45, 7) is 0.213. The van der Waals surface area contributed by atoms with Crippen LogP contribution in [-0.4, -0.2) is 75.9 Å². The summed E-state index contributed by atoms with van der Waals surface area (Å²) in [6.07, 6.45) is 1.55. The molecular formula is C16H22N2O7S2. The molecule has 0 N–H and O–H groups in total. The van der Waals surface area contributed by atoms with Crippen molar-refractivity contribution in [3.63, 3.8) is 0 Å². The van der Waals surface area contributed by atoms with E-state index in [0.717, 1.165) is 29.1 Å². The van der Waals surface area contributed by atoms with Crippen molar-refractivity contribution in [2.24, 2.45) is 0 Å². The van der Waals surface area contributed by atoms with Crippen LogP contribution in [0.5, 0.6) is 0 Å². The largest absolute Gasteiger partial charge is 0.468 e. The van der Waals surface area contributed by atoms with Crippen molar-refractivity contribution in [3.05, 3.63) is 17.0 Å². The number of hydrogen-bond donors (Lipinski definition) is 0. The van der Waals surface area contributed by atoms with Gasteiger partial charge in [0, 0.05) is 18.0 Å². The van der Waals surface area contributed by atoms with Gasteiger partial charge in [0.25, 0.3) is 10.0 Å². The number of nitrogens with zero attached hydrogens (tertiary/aromatic N) is 2. The molecule has 0 bridgehead atoms. The van der Waals surface area contributed by atoms with Gasteiger partial charge in [0.15, 0.2) is 0 Å². The molecule has 0 spiro atoms. The molecule has 11 heteroatoms. The highest BCUT2D eigenvalue weighted by atomic mass is 32.2. The molecule has 0 saturated carbocycles. The average molecular weight is 418 g/mol. The zero-order valence-corrected chi connectivity index (χ0v) is 16.8. The van der Waals surface area contributed by atoms with E-state index in [9.17, 15) is 22.8 Å². The fourth-order valence-electron chi connectivity index (χ4n) is 2.58. The lowest BCUT2D eigenvalue weighted by Crippen LogP contribution is -2.40. The van der Waals surface area contributed by atoms with Gasteiger partial charge in [-0.15, -0.1) is 11.3 Å². The highest BCUT2D eigenvalue weighted by Crippen LogP contribution is 2.27. The first kappa shape index (κ1) is 21.3. The molecule has 2 rings (SSSR count). The summed E-state index contributed by atoms with van der Waals surface area (Å²) < 4.78 is 35.8. The van der Waals surface area contributed by atoms with Gasteiger partial charge in [-0.05, 0) is 25.0 Å². The van der Waals surface area contributed by atoms with E-state index in [4.69, 9.17) is 0 Å². The van der Waals surface area contributed by atoms with Crippen LogP contribution < -0.4 is 0 Å². The maximum Gasteiger partial charge on any atom is 0.325 e. The highest BCUT2D eigenvalue weighted by Gasteiger charge is 2.29. The Labute approximate surface area is 161 Å². The molecule has 1 aromatic rings. The molecule has 0 aromatic carbocycles. The summed E-state index contributed by atoms with van der Waals surface area (Å²) in [5.41, 5.74) is 0. The van der Waals surface area contributed by atoms with E-state index in [2.05, 4.69) is 9.47 Å². The van der Waals surface area contributed by atoms with Gasteiger partial charge in [-0.1, -0.05) is 0 Å². The number of esters is 2. The number of hydrogen-bond acceptors (Lipinski definition) is 8. The number of thiophene rings is 1. The number of ether oxygens (including phenoxy) is 2. The third kappa shape index (κ3) is 5.50. The van der Waals surface area contributed by atoms with Gasteiger partial charge in [0.05, 0.1) is 20.6 Å². The molecule has 1 aliphatic heterocycles. The van der Waals surface area contributed by atoms with Gasteiger partial charge in [-0.2, -0.15) is 4.31 Å². The van der Waals surface area contributed by atoms with Gasteiger partial charge in [-0.25, -0.2) is 8.42 Å². The van der Waals surface area contributed by atoms with E-state index in [1.807, 2.05) is 0 Å². The number of rotatable bonds is 8. The molecule has 150 valence electrons. The number of carbonyl (C=O) groups is 3. The minimum absolute atomic E-state index is 0.131. The van der Waals surface area contributed by atoms with Gasteiger partial charge in [0.1, 0.15) is 17.3 Å². The summed E-state index contributed by atoms with van der Waals surface area (Å²) >= 11 is 1.01. The standard InChI is InChI=1S/C16H22N2O7S2/c1-24-14(20)10-17(11-15(21)25-2)13(19)9-12-5-6-16(26-12)27(22,23)18-7-3-4-8-18/h5-6H,3-4,7-11H2,1-2H3. The van der Waals surface area contributed by atoms with Crippen LogP contribution in [0.1, 0.15) is 17.7 Å². The van der Waals surface area contributed by atoms with Crippen molar-refractivity contribution in [2.75, 3.05) is 40.4 Å².